The number of rotatable bonds is 9. The highest BCUT2D eigenvalue weighted by atomic mass is 16.6. The SMILES string of the molecule is COC(=O)CCN(CCNC(C)=O)C(=O)Cc1ccccc1[N+](=O)[O-]. The molecule has 0 aliphatic carbocycles. The molecule has 1 rings (SSSR count). The van der Waals surface area contributed by atoms with E-state index in [9.17, 15) is 24.5 Å². The Morgan fingerprint density at radius 2 is 1.92 bits per heavy atom. The molecule has 25 heavy (non-hydrogen) atoms. The topological polar surface area (TPSA) is 119 Å². The summed E-state index contributed by atoms with van der Waals surface area (Å²) in [6, 6.07) is 5.99. The van der Waals surface area contributed by atoms with E-state index >= 15 is 0 Å². The highest BCUT2D eigenvalue weighted by Crippen LogP contribution is 2.18. The van der Waals surface area contributed by atoms with E-state index in [1.807, 2.05) is 0 Å². The number of carbonyl (C=O) groups excluding carboxylic acids is 3. The van der Waals surface area contributed by atoms with Crippen molar-refractivity contribution >= 4 is 23.5 Å². The number of hydrogen-bond acceptors (Lipinski definition) is 6. The van der Waals surface area contributed by atoms with Gasteiger partial charge in [0.15, 0.2) is 0 Å². The molecule has 0 heterocycles. The summed E-state index contributed by atoms with van der Waals surface area (Å²) in [7, 11) is 1.25. The van der Waals surface area contributed by atoms with E-state index in [0.717, 1.165) is 0 Å². The van der Waals surface area contributed by atoms with Gasteiger partial charge in [0.1, 0.15) is 0 Å². The van der Waals surface area contributed by atoms with Crippen molar-refractivity contribution in [3.63, 3.8) is 0 Å². The van der Waals surface area contributed by atoms with Crippen molar-refractivity contribution in [2.24, 2.45) is 0 Å². The third kappa shape index (κ3) is 6.98. The number of nitro benzene ring substituents is 1. The second-order valence-corrected chi connectivity index (χ2v) is 5.25. The molecule has 9 nitrogen and oxygen atoms in total. The van der Waals surface area contributed by atoms with Gasteiger partial charge in [-0.2, -0.15) is 0 Å². The minimum absolute atomic E-state index is 0.000799. The third-order valence-corrected chi connectivity index (χ3v) is 3.45. The lowest BCUT2D eigenvalue weighted by Gasteiger charge is -2.22. The van der Waals surface area contributed by atoms with Crippen molar-refractivity contribution in [3.05, 3.63) is 39.9 Å². The van der Waals surface area contributed by atoms with Crippen molar-refractivity contribution in [3.8, 4) is 0 Å². The number of methoxy groups -OCH3 is 1. The molecule has 0 saturated carbocycles. The van der Waals surface area contributed by atoms with Gasteiger partial charge >= 0.3 is 5.97 Å². The van der Waals surface area contributed by atoms with Crippen molar-refractivity contribution in [2.75, 3.05) is 26.7 Å². The quantitative estimate of drug-likeness (QED) is 0.397. The summed E-state index contributed by atoms with van der Waals surface area (Å²) in [6.45, 7) is 1.87. The lowest BCUT2D eigenvalue weighted by Crippen LogP contribution is -2.40. The summed E-state index contributed by atoms with van der Waals surface area (Å²) in [5.41, 5.74) is 0.158. The van der Waals surface area contributed by atoms with E-state index in [4.69, 9.17) is 0 Å². The fourth-order valence-electron chi connectivity index (χ4n) is 2.17. The number of nitrogens with zero attached hydrogens (tertiary/aromatic N) is 2. The number of nitrogens with one attached hydrogen (secondary N) is 1. The zero-order chi connectivity index (χ0) is 18.8. The minimum atomic E-state index is -0.543. The van der Waals surface area contributed by atoms with E-state index < -0.39 is 10.9 Å². The predicted octanol–water partition coefficient (Wildman–Crippen LogP) is 0.665. The van der Waals surface area contributed by atoms with Gasteiger partial charge in [0.05, 0.1) is 24.9 Å². The molecule has 136 valence electrons. The molecule has 1 N–H and O–H groups in total. The Morgan fingerprint density at radius 3 is 2.52 bits per heavy atom. The first-order chi connectivity index (χ1) is 11.8. The number of esters is 1. The van der Waals surface area contributed by atoms with Crippen LogP contribution in [0.15, 0.2) is 24.3 Å². The lowest BCUT2D eigenvalue weighted by atomic mass is 10.1. The van der Waals surface area contributed by atoms with E-state index in [1.165, 1.54) is 37.1 Å². The molecule has 0 aliphatic heterocycles. The van der Waals surface area contributed by atoms with Gasteiger partial charge in [0.2, 0.25) is 11.8 Å². The Balaban J connectivity index is 2.81. The average Bonchev–Trinajstić information content (AvgIpc) is 2.57. The van der Waals surface area contributed by atoms with Gasteiger partial charge in [-0.25, -0.2) is 0 Å². The number of hydrogen-bond donors (Lipinski definition) is 1. The van der Waals surface area contributed by atoms with Gasteiger partial charge in [0.25, 0.3) is 5.69 Å². The highest BCUT2D eigenvalue weighted by Gasteiger charge is 2.20. The largest absolute Gasteiger partial charge is 0.469 e. The molecule has 0 spiro atoms. The zero-order valence-corrected chi connectivity index (χ0v) is 14.2. The summed E-state index contributed by atoms with van der Waals surface area (Å²) in [5.74, 6) is -1.08. The van der Waals surface area contributed by atoms with Crippen LogP contribution in [0, 0.1) is 10.1 Å². The van der Waals surface area contributed by atoms with Crippen molar-refractivity contribution < 1.29 is 24.0 Å². The molecule has 0 fully saturated rings. The number of para-hydroxylation sites is 1. The molecule has 0 bridgehead atoms. The van der Waals surface area contributed by atoms with E-state index in [-0.39, 0.29) is 50.0 Å². The molecule has 2 amide bonds. The summed E-state index contributed by atoms with van der Waals surface area (Å²) < 4.78 is 4.56. The summed E-state index contributed by atoms with van der Waals surface area (Å²) in [4.78, 5) is 46.6. The molecule has 0 aliphatic rings. The van der Waals surface area contributed by atoms with Crippen LogP contribution in [0.4, 0.5) is 5.69 Å². The maximum atomic E-state index is 12.5. The summed E-state index contributed by atoms with van der Waals surface area (Å²) in [6.07, 6.45) is -0.169. The molecular weight excluding hydrogens is 330 g/mol. The van der Waals surface area contributed by atoms with Crippen LogP contribution in [0.25, 0.3) is 0 Å². The molecule has 0 aromatic heterocycles. The Bertz CT molecular complexity index is 647. The fourth-order valence-corrected chi connectivity index (χ4v) is 2.17. The minimum Gasteiger partial charge on any atom is -0.469 e. The van der Waals surface area contributed by atoms with Crippen LogP contribution >= 0.6 is 0 Å². The maximum absolute atomic E-state index is 12.5. The molecule has 0 radical (unpaired) electrons. The van der Waals surface area contributed by atoms with Crippen molar-refractivity contribution in [1.29, 1.82) is 0 Å². The summed E-state index contributed by atoms with van der Waals surface area (Å²) >= 11 is 0. The molecule has 1 aromatic rings. The first kappa shape index (κ1) is 20.1. The zero-order valence-electron chi connectivity index (χ0n) is 14.2. The number of carbonyl (C=O) groups is 3. The van der Waals surface area contributed by atoms with Crippen molar-refractivity contribution in [1.82, 2.24) is 10.2 Å². The molecule has 9 heteroatoms. The van der Waals surface area contributed by atoms with Gasteiger partial charge in [-0.15, -0.1) is 0 Å². The first-order valence-electron chi connectivity index (χ1n) is 7.66. The highest BCUT2D eigenvalue weighted by molar-refractivity contribution is 5.80. The number of benzene rings is 1. The van der Waals surface area contributed by atoms with E-state index in [0.29, 0.717) is 5.56 Å². The third-order valence-electron chi connectivity index (χ3n) is 3.45. The van der Waals surface area contributed by atoms with E-state index in [2.05, 4.69) is 10.1 Å². The Hall–Kier alpha value is -2.97. The standard InChI is InChI=1S/C16H21N3O6/c1-12(20)17-8-10-18(9-7-16(22)25-2)15(21)11-13-5-3-4-6-14(13)19(23)24/h3-6H,7-11H2,1-2H3,(H,17,20). The predicted molar refractivity (Wildman–Crippen MR) is 88.7 cm³/mol. The average molecular weight is 351 g/mol. The van der Waals surface area contributed by atoms with Gasteiger partial charge in [-0.1, -0.05) is 18.2 Å². The van der Waals surface area contributed by atoms with E-state index in [1.54, 1.807) is 6.07 Å². The van der Waals surface area contributed by atoms with Crippen LogP contribution in [0.1, 0.15) is 18.9 Å². The maximum Gasteiger partial charge on any atom is 0.307 e. The molecular formula is C16H21N3O6. The van der Waals surface area contributed by atoms with Crippen LogP contribution < -0.4 is 5.32 Å². The second kappa shape index (κ2) is 10.0. The number of amides is 2. The smallest absolute Gasteiger partial charge is 0.307 e. The monoisotopic (exact) mass is 351 g/mol. The van der Waals surface area contributed by atoms with Gasteiger partial charge in [-0.3, -0.25) is 24.5 Å². The van der Waals surface area contributed by atoms with Crippen LogP contribution in [0.5, 0.6) is 0 Å². The normalized spacial score (nSPS) is 10.0. The molecule has 0 atom stereocenters. The fraction of sp³-hybridized carbons (Fsp3) is 0.438. The van der Waals surface area contributed by atoms with Gasteiger partial charge in [0, 0.05) is 38.2 Å². The number of nitro groups is 1. The van der Waals surface area contributed by atoms with Gasteiger partial charge < -0.3 is 15.0 Å². The van der Waals surface area contributed by atoms with Crippen LogP contribution in [0.2, 0.25) is 0 Å². The van der Waals surface area contributed by atoms with Crippen LogP contribution in [-0.2, 0) is 25.5 Å². The van der Waals surface area contributed by atoms with Crippen LogP contribution in [0.3, 0.4) is 0 Å². The molecule has 1 aromatic carbocycles. The summed E-state index contributed by atoms with van der Waals surface area (Å²) in [5, 5.41) is 13.6. The Morgan fingerprint density at radius 1 is 1.24 bits per heavy atom. The Labute approximate surface area is 145 Å². The van der Waals surface area contributed by atoms with Gasteiger partial charge in [-0.05, 0) is 0 Å². The number of ether oxygens (including phenoxy) is 1. The second-order valence-electron chi connectivity index (χ2n) is 5.25. The van der Waals surface area contributed by atoms with Crippen LogP contribution in [-0.4, -0.2) is 54.4 Å². The molecule has 0 unspecified atom stereocenters. The van der Waals surface area contributed by atoms with Crippen molar-refractivity contribution in [2.45, 2.75) is 19.8 Å². The lowest BCUT2D eigenvalue weighted by molar-refractivity contribution is -0.385. The Kier molecular flexibility index (Phi) is 8.04. The molecule has 0 saturated heterocycles. The first-order valence-corrected chi connectivity index (χ1v) is 7.66.